The number of rotatable bonds is 5. The molecule has 0 spiro atoms. The lowest BCUT2D eigenvalue weighted by Crippen LogP contribution is -2.29. The molecule has 0 bridgehead atoms. The molecule has 0 aliphatic heterocycles. The van der Waals surface area contributed by atoms with E-state index in [-0.39, 0.29) is 6.04 Å². The second kappa shape index (κ2) is 6.16. The number of nitrogens with one attached hydrogen (secondary N) is 1. The Hall–Kier alpha value is -1.71. The average Bonchev–Trinajstić information content (AvgIpc) is 2.44. The molecule has 20 heavy (non-hydrogen) atoms. The zero-order chi connectivity index (χ0) is 13.8. The second-order valence-electron chi connectivity index (χ2n) is 5.58. The van der Waals surface area contributed by atoms with Gasteiger partial charge in [0.05, 0.1) is 6.04 Å². The zero-order valence-corrected chi connectivity index (χ0v) is 11.6. The Labute approximate surface area is 120 Å². The van der Waals surface area contributed by atoms with E-state index in [1.807, 2.05) is 12.3 Å². The molecule has 1 heterocycles. The van der Waals surface area contributed by atoms with Gasteiger partial charge in [-0.15, -0.1) is 0 Å². The zero-order valence-electron chi connectivity index (χ0n) is 11.6. The third-order valence-electron chi connectivity index (χ3n) is 4.25. The predicted octanol–water partition coefficient (Wildman–Crippen LogP) is 3.10. The van der Waals surface area contributed by atoms with Crippen molar-refractivity contribution in [1.82, 2.24) is 10.4 Å². The Balaban J connectivity index is 1.78. The van der Waals surface area contributed by atoms with Crippen molar-refractivity contribution in [2.45, 2.75) is 37.6 Å². The largest absolute Gasteiger partial charge is 0.271 e. The van der Waals surface area contributed by atoms with Crippen molar-refractivity contribution in [3.8, 4) is 0 Å². The molecule has 0 radical (unpaired) electrons. The maximum absolute atomic E-state index is 5.75. The van der Waals surface area contributed by atoms with Crippen LogP contribution in [0.25, 0.3) is 0 Å². The molecule has 3 rings (SSSR count). The SMILES string of the molecule is NNC(Cc1cccnc1)c1cccc(C2CCC2)c1. The van der Waals surface area contributed by atoms with E-state index in [4.69, 9.17) is 5.84 Å². The third-order valence-corrected chi connectivity index (χ3v) is 4.25. The van der Waals surface area contributed by atoms with Gasteiger partial charge in [0, 0.05) is 12.4 Å². The Morgan fingerprint density at radius 2 is 2.15 bits per heavy atom. The number of benzene rings is 1. The molecule has 104 valence electrons. The summed E-state index contributed by atoms with van der Waals surface area (Å²) in [5.74, 6) is 6.51. The lowest BCUT2D eigenvalue weighted by atomic mass is 9.79. The summed E-state index contributed by atoms with van der Waals surface area (Å²) >= 11 is 0. The summed E-state index contributed by atoms with van der Waals surface area (Å²) in [4.78, 5) is 4.17. The fraction of sp³-hybridized carbons (Fsp3) is 0.353. The molecule has 3 nitrogen and oxygen atoms in total. The van der Waals surface area contributed by atoms with Crippen LogP contribution in [0.15, 0.2) is 48.8 Å². The highest BCUT2D eigenvalue weighted by Gasteiger charge is 2.20. The highest BCUT2D eigenvalue weighted by molar-refractivity contribution is 5.30. The van der Waals surface area contributed by atoms with Crippen LogP contribution in [-0.4, -0.2) is 4.98 Å². The molecule has 2 aromatic rings. The van der Waals surface area contributed by atoms with Crippen molar-refractivity contribution in [3.63, 3.8) is 0 Å². The molecule has 1 aromatic heterocycles. The molecule has 1 aromatic carbocycles. The van der Waals surface area contributed by atoms with Crippen LogP contribution in [0.2, 0.25) is 0 Å². The van der Waals surface area contributed by atoms with Crippen molar-refractivity contribution >= 4 is 0 Å². The number of hydrogen-bond donors (Lipinski definition) is 2. The first-order valence-corrected chi connectivity index (χ1v) is 7.31. The van der Waals surface area contributed by atoms with Crippen LogP contribution in [0.1, 0.15) is 47.9 Å². The van der Waals surface area contributed by atoms with E-state index in [1.54, 1.807) is 6.20 Å². The number of hydrogen-bond acceptors (Lipinski definition) is 3. The fourth-order valence-corrected chi connectivity index (χ4v) is 2.80. The Bertz CT molecular complexity index is 549. The lowest BCUT2D eigenvalue weighted by Gasteiger charge is -2.27. The van der Waals surface area contributed by atoms with Crippen LogP contribution in [0.3, 0.4) is 0 Å². The van der Waals surface area contributed by atoms with E-state index in [9.17, 15) is 0 Å². The summed E-state index contributed by atoms with van der Waals surface area (Å²) in [6.45, 7) is 0. The van der Waals surface area contributed by atoms with E-state index in [0.29, 0.717) is 0 Å². The molecular weight excluding hydrogens is 246 g/mol. The number of hydrazine groups is 1. The molecule has 1 saturated carbocycles. The van der Waals surface area contributed by atoms with Crippen LogP contribution in [0.4, 0.5) is 0 Å². The number of nitrogens with two attached hydrogens (primary N) is 1. The first kappa shape index (κ1) is 13.3. The van der Waals surface area contributed by atoms with Crippen molar-refractivity contribution in [2.24, 2.45) is 5.84 Å². The molecule has 1 unspecified atom stereocenters. The van der Waals surface area contributed by atoms with Gasteiger partial charge in [-0.05, 0) is 47.9 Å². The minimum Gasteiger partial charge on any atom is -0.271 e. The third kappa shape index (κ3) is 2.89. The summed E-state index contributed by atoms with van der Waals surface area (Å²) in [7, 11) is 0. The maximum atomic E-state index is 5.75. The van der Waals surface area contributed by atoms with Crippen LogP contribution < -0.4 is 11.3 Å². The Morgan fingerprint density at radius 1 is 1.25 bits per heavy atom. The average molecular weight is 267 g/mol. The lowest BCUT2D eigenvalue weighted by molar-refractivity contribution is 0.419. The van der Waals surface area contributed by atoms with Crippen LogP contribution in [-0.2, 0) is 6.42 Å². The van der Waals surface area contributed by atoms with Gasteiger partial charge in [-0.1, -0.05) is 36.8 Å². The van der Waals surface area contributed by atoms with Gasteiger partial charge in [0.15, 0.2) is 0 Å². The molecule has 1 fully saturated rings. The number of pyridine rings is 1. The molecule has 0 saturated heterocycles. The smallest absolute Gasteiger partial charge is 0.0500 e. The van der Waals surface area contributed by atoms with E-state index in [2.05, 4.69) is 40.7 Å². The van der Waals surface area contributed by atoms with Crippen LogP contribution in [0, 0.1) is 0 Å². The van der Waals surface area contributed by atoms with Crippen molar-refractivity contribution in [2.75, 3.05) is 0 Å². The first-order valence-electron chi connectivity index (χ1n) is 7.31. The second-order valence-corrected chi connectivity index (χ2v) is 5.58. The van der Waals surface area contributed by atoms with Gasteiger partial charge in [-0.25, -0.2) is 0 Å². The molecule has 3 N–H and O–H groups in total. The predicted molar refractivity (Wildman–Crippen MR) is 81.0 cm³/mol. The molecular formula is C17H21N3. The fourth-order valence-electron chi connectivity index (χ4n) is 2.80. The van der Waals surface area contributed by atoms with Gasteiger partial charge in [0.1, 0.15) is 0 Å². The molecule has 1 atom stereocenters. The van der Waals surface area contributed by atoms with Crippen LogP contribution in [0.5, 0.6) is 0 Å². The van der Waals surface area contributed by atoms with Gasteiger partial charge in [0.25, 0.3) is 0 Å². The topological polar surface area (TPSA) is 50.9 Å². The van der Waals surface area contributed by atoms with E-state index in [0.717, 1.165) is 12.3 Å². The van der Waals surface area contributed by atoms with Crippen molar-refractivity contribution in [3.05, 3.63) is 65.5 Å². The van der Waals surface area contributed by atoms with Gasteiger partial charge in [-0.3, -0.25) is 16.3 Å². The van der Waals surface area contributed by atoms with Crippen LogP contribution >= 0.6 is 0 Å². The van der Waals surface area contributed by atoms with Gasteiger partial charge >= 0.3 is 0 Å². The summed E-state index contributed by atoms with van der Waals surface area (Å²) in [5.41, 5.74) is 6.86. The van der Waals surface area contributed by atoms with E-state index in [1.165, 1.54) is 36.0 Å². The summed E-state index contributed by atoms with van der Waals surface area (Å²) < 4.78 is 0. The quantitative estimate of drug-likeness (QED) is 0.646. The summed E-state index contributed by atoms with van der Waals surface area (Å²) in [5, 5.41) is 0. The molecule has 0 amide bonds. The normalized spacial score (nSPS) is 16.6. The molecule has 1 aliphatic carbocycles. The Kier molecular flexibility index (Phi) is 4.09. The maximum Gasteiger partial charge on any atom is 0.0500 e. The Morgan fingerprint density at radius 3 is 2.80 bits per heavy atom. The van der Waals surface area contributed by atoms with E-state index >= 15 is 0 Å². The van der Waals surface area contributed by atoms with Gasteiger partial charge < -0.3 is 0 Å². The van der Waals surface area contributed by atoms with Crippen molar-refractivity contribution in [1.29, 1.82) is 0 Å². The van der Waals surface area contributed by atoms with E-state index < -0.39 is 0 Å². The number of nitrogens with zero attached hydrogens (tertiary/aromatic N) is 1. The standard InChI is InChI=1S/C17H21N3/c18-20-17(10-13-4-3-9-19-12-13)16-8-2-7-15(11-16)14-5-1-6-14/h2-4,7-9,11-12,14,17,20H,1,5-6,10,18H2. The van der Waals surface area contributed by atoms with Crippen molar-refractivity contribution < 1.29 is 0 Å². The molecule has 1 aliphatic rings. The summed E-state index contributed by atoms with van der Waals surface area (Å²) in [6.07, 6.45) is 8.58. The monoisotopic (exact) mass is 267 g/mol. The summed E-state index contributed by atoms with van der Waals surface area (Å²) in [6, 6.07) is 13.1. The minimum absolute atomic E-state index is 0.138. The van der Waals surface area contributed by atoms with Gasteiger partial charge in [-0.2, -0.15) is 0 Å². The van der Waals surface area contributed by atoms with Gasteiger partial charge in [0.2, 0.25) is 0 Å². The highest BCUT2D eigenvalue weighted by Crippen LogP contribution is 2.37. The minimum atomic E-state index is 0.138. The number of aromatic nitrogens is 1. The first-order chi connectivity index (χ1) is 9.86. The highest BCUT2D eigenvalue weighted by atomic mass is 15.2. The molecule has 3 heteroatoms.